The zero-order chi connectivity index (χ0) is 28.6. The van der Waals surface area contributed by atoms with Gasteiger partial charge in [-0.1, -0.05) is 60.5 Å². The molecule has 1 atom stereocenters. The lowest BCUT2D eigenvalue weighted by Crippen LogP contribution is -2.52. The van der Waals surface area contributed by atoms with Crippen molar-refractivity contribution in [3.05, 3.63) is 88.4 Å². The van der Waals surface area contributed by atoms with Crippen molar-refractivity contribution in [2.24, 2.45) is 0 Å². The van der Waals surface area contributed by atoms with Crippen LogP contribution < -0.4 is 14.4 Å². The number of ether oxygens (including phenoxy) is 1. The number of likely N-dealkylation sites (N-methyl/N-ethyl adjacent to an activating group) is 1. The molecule has 0 bridgehead atoms. The van der Waals surface area contributed by atoms with Gasteiger partial charge in [0, 0.05) is 18.1 Å². The molecule has 0 unspecified atom stereocenters. The fourth-order valence-corrected chi connectivity index (χ4v) is 5.97. The van der Waals surface area contributed by atoms with Crippen molar-refractivity contribution < 1.29 is 22.7 Å². The van der Waals surface area contributed by atoms with Crippen molar-refractivity contribution >= 4 is 50.7 Å². The summed E-state index contributed by atoms with van der Waals surface area (Å²) in [5.74, 6) is -0.342. The highest BCUT2D eigenvalue weighted by Crippen LogP contribution is 2.33. The predicted molar refractivity (Wildman–Crippen MR) is 154 cm³/mol. The van der Waals surface area contributed by atoms with E-state index in [1.54, 1.807) is 56.3 Å². The summed E-state index contributed by atoms with van der Waals surface area (Å²) in [7, 11) is -2.71. The molecule has 1 N–H and O–H groups in total. The molecule has 11 heteroatoms. The molecular formula is C28H31Cl2N3O5S. The van der Waals surface area contributed by atoms with Gasteiger partial charge in [-0.15, -0.1) is 0 Å². The third-order valence-electron chi connectivity index (χ3n) is 6.01. The Balaban J connectivity index is 2.10. The SMILES string of the molecule is CCNC(=O)[C@@H](CC)N(Cc1cccc(OC)c1)C(=O)CN(c1cc(Cl)ccc1Cl)S(=O)(=O)c1ccccc1. The molecule has 0 saturated heterocycles. The molecule has 0 aliphatic rings. The van der Waals surface area contributed by atoms with E-state index in [1.165, 1.54) is 42.3 Å². The van der Waals surface area contributed by atoms with Gasteiger partial charge in [0.05, 0.1) is 22.7 Å². The summed E-state index contributed by atoms with van der Waals surface area (Å²) in [6.07, 6.45) is 0.310. The predicted octanol–water partition coefficient (Wildman–Crippen LogP) is 5.14. The first-order chi connectivity index (χ1) is 18.6. The molecule has 0 aliphatic carbocycles. The van der Waals surface area contributed by atoms with Crippen LogP contribution in [-0.4, -0.2) is 51.4 Å². The molecule has 2 amide bonds. The molecule has 3 rings (SSSR count). The molecule has 3 aromatic rings. The van der Waals surface area contributed by atoms with E-state index in [-0.39, 0.29) is 33.1 Å². The molecule has 0 radical (unpaired) electrons. The van der Waals surface area contributed by atoms with E-state index in [2.05, 4.69) is 5.32 Å². The largest absolute Gasteiger partial charge is 0.497 e. The monoisotopic (exact) mass is 591 g/mol. The van der Waals surface area contributed by atoms with E-state index in [0.717, 1.165) is 4.31 Å². The number of nitrogens with one attached hydrogen (secondary N) is 1. The van der Waals surface area contributed by atoms with Crippen LogP contribution in [0.25, 0.3) is 0 Å². The van der Waals surface area contributed by atoms with Crippen molar-refractivity contribution in [3.63, 3.8) is 0 Å². The van der Waals surface area contributed by atoms with Crippen LogP contribution in [0.1, 0.15) is 25.8 Å². The van der Waals surface area contributed by atoms with Crippen LogP contribution >= 0.6 is 23.2 Å². The van der Waals surface area contributed by atoms with Crippen LogP contribution in [0.3, 0.4) is 0 Å². The minimum absolute atomic E-state index is 0.0241. The highest BCUT2D eigenvalue weighted by Gasteiger charge is 2.34. The van der Waals surface area contributed by atoms with E-state index in [0.29, 0.717) is 24.3 Å². The maximum atomic E-state index is 14.0. The van der Waals surface area contributed by atoms with Crippen LogP contribution in [-0.2, 0) is 26.2 Å². The molecule has 0 saturated carbocycles. The van der Waals surface area contributed by atoms with Crippen LogP contribution in [0.5, 0.6) is 5.75 Å². The Hall–Kier alpha value is -3.27. The van der Waals surface area contributed by atoms with Gasteiger partial charge in [-0.2, -0.15) is 0 Å². The van der Waals surface area contributed by atoms with Gasteiger partial charge in [-0.25, -0.2) is 8.42 Å². The second-order valence-electron chi connectivity index (χ2n) is 8.61. The standard InChI is InChI=1S/C28H31Cl2N3O5S/c1-4-25(28(35)31-5-2)32(18-20-10-9-11-22(16-20)38-3)27(34)19-33(26-17-21(29)14-15-24(26)30)39(36,37)23-12-7-6-8-13-23/h6-17,25H,4-5,18-19H2,1-3H3,(H,31,35)/t25-/m1/s1. The van der Waals surface area contributed by atoms with E-state index in [9.17, 15) is 18.0 Å². The van der Waals surface area contributed by atoms with Crippen molar-refractivity contribution in [3.8, 4) is 5.75 Å². The van der Waals surface area contributed by atoms with Crippen molar-refractivity contribution in [1.29, 1.82) is 0 Å². The molecule has 39 heavy (non-hydrogen) atoms. The van der Waals surface area contributed by atoms with Gasteiger partial charge in [0.1, 0.15) is 18.3 Å². The second-order valence-corrected chi connectivity index (χ2v) is 11.3. The molecular weight excluding hydrogens is 561 g/mol. The van der Waals surface area contributed by atoms with Gasteiger partial charge < -0.3 is 15.0 Å². The fourth-order valence-electron chi connectivity index (χ4n) is 4.09. The van der Waals surface area contributed by atoms with Crippen LogP contribution in [0.4, 0.5) is 5.69 Å². The number of benzene rings is 3. The maximum Gasteiger partial charge on any atom is 0.264 e. The number of carbonyl (C=O) groups excluding carboxylic acids is 2. The van der Waals surface area contributed by atoms with E-state index in [1.807, 2.05) is 0 Å². The Morgan fingerprint density at radius 1 is 0.974 bits per heavy atom. The number of halogens is 2. The highest BCUT2D eigenvalue weighted by molar-refractivity contribution is 7.92. The van der Waals surface area contributed by atoms with Gasteiger partial charge >= 0.3 is 0 Å². The van der Waals surface area contributed by atoms with Crippen LogP contribution in [0.15, 0.2) is 77.7 Å². The molecule has 0 heterocycles. The summed E-state index contributed by atoms with van der Waals surface area (Å²) < 4.78 is 33.9. The average molecular weight is 593 g/mol. The van der Waals surface area contributed by atoms with Crippen molar-refractivity contribution in [1.82, 2.24) is 10.2 Å². The Labute approximate surface area is 239 Å². The Morgan fingerprint density at radius 3 is 2.33 bits per heavy atom. The van der Waals surface area contributed by atoms with Gasteiger partial charge in [0.25, 0.3) is 10.0 Å². The van der Waals surface area contributed by atoms with Gasteiger partial charge in [0.2, 0.25) is 11.8 Å². The Kier molecular flexibility index (Phi) is 10.6. The number of sulfonamides is 1. The lowest BCUT2D eigenvalue weighted by atomic mass is 10.1. The normalized spacial score (nSPS) is 11.9. The third-order valence-corrected chi connectivity index (χ3v) is 8.34. The zero-order valence-corrected chi connectivity index (χ0v) is 24.3. The quantitative estimate of drug-likeness (QED) is 0.314. The van der Waals surface area contributed by atoms with Crippen LogP contribution in [0, 0.1) is 0 Å². The number of hydrogen-bond donors (Lipinski definition) is 1. The second kappa shape index (κ2) is 13.7. The fraction of sp³-hybridized carbons (Fsp3) is 0.286. The number of hydrogen-bond acceptors (Lipinski definition) is 5. The maximum absolute atomic E-state index is 14.0. The minimum atomic E-state index is -4.25. The highest BCUT2D eigenvalue weighted by atomic mass is 35.5. The zero-order valence-electron chi connectivity index (χ0n) is 21.9. The van der Waals surface area contributed by atoms with E-state index in [4.69, 9.17) is 27.9 Å². The van der Waals surface area contributed by atoms with Gasteiger partial charge in [-0.3, -0.25) is 13.9 Å². The van der Waals surface area contributed by atoms with Crippen LogP contribution in [0.2, 0.25) is 10.0 Å². The first-order valence-corrected chi connectivity index (χ1v) is 14.5. The van der Waals surface area contributed by atoms with Crippen molar-refractivity contribution in [2.45, 2.75) is 37.8 Å². The van der Waals surface area contributed by atoms with Crippen molar-refractivity contribution in [2.75, 3.05) is 24.5 Å². The average Bonchev–Trinajstić information content (AvgIpc) is 2.93. The molecule has 8 nitrogen and oxygen atoms in total. The third kappa shape index (κ3) is 7.44. The number of amides is 2. The number of methoxy groups -OCH3 is 1. The summed E-state index contributed by atoms with van der Waals surface area (Å²) in [5.41, 5.74) is 0.762. The topological polar surface area (TPSA) is 96.0 Å². The lowest BCUT2D eigenvalue weighted by molar-refractivity contribution is -0.140. The summed E-state index contributed by atoms with van der Waals surface area (Å²) in [4.78, 5) is 28.4. The van der Waals surface area contributed by atoms with E-state index < -0.39 is 28.5 Å². The first-order valence-electron chi connectivity index (χ1n) is 12.3. The smallest absolute Gasteiger partial charge is 0.264 e. The molecule has 0 aliphatic heterocycles. The first kappa shape index (κ1) is 30.3. The minimum Gasteiger partial charge on any atom is -0.497 e. The molecule has 208 valence electrons. The Morgan fingerprint density at radius 2 is 1.69 bits per heavy atom. The summed E-state index contributed by atoms with van der Waals surface area (Å²) in [6.45, 7) is 3.39. The number of rotatable bonds is 12. The van der Waals surface area contributed by atoms with Gasteiger partial charge in [-0.05, 0) is 61.4 Å². The molecule has 0 spiro atoms. The summed E-state index contributed by atoms with van der Waals surface area (Å²) >= 11 is 12.6. The number of carbonyl (C=O) groups is 2. The lowest BCUT2D eigenvalue weighted by Gasteiger charge is -2.33. The summed E-state index contributed by atoms with van der Waals surface area (Å²) in [5, 5.41) is 3.12. The van der Waals surface area contributed by atoms with E-state index >= 15 is 0 Å². The molecule has 3 aromatic carbocycles. The number of nitrogens with zero attached hydrogens (tertiary/aromatic N) is 2. The summed E-state index contributed by atoms with van der Waals surface area (Å²) in [6, 6.07) is 18.4. The number of anilines is 1. The Bertz CT molecular complexity index is 1400. The van der Waals surface area contributed by atoms with Gasteiger partial charge in [0.15, 0.2) is 0 Å². The molecule has 0 fully saturated rings. The molecule has 0 aromatic heterocycles.